The Kier molecular flexibility index (Phi) is 4.27. The smallest absolute Gasteiger partial charge is 0.326 e. The third-order valence-corrected chi connectivity index (χ3v) is 2.55. The number of nitrogens with one attached hydrogen (secondary N) is 2. The summed E-state index contributed by atoms with van der Waals surface area (Å²) >= 11 is 0. The van der Waals surface area contributed by atoms with Crippen LogP contribution in [-0.4, -0.2) is 21.6 Å². The van der Waals surface area contributed by atoms with Crippen LogP contribution in [0.15, 0.2) is 36.5 Å². The molecule has 0 aliphatic rings. The van der Waals surface area contributed by atoms with Crippen molar-refractivity contribution in [3.8, 4) is 0 Å². The molecule has 0 atom stereocenters. The summed E-state index contributed by atoms with van der Waals surface area (Å²) in [5.41, 5.74) is 0.741. The van der Waals surface area contributed by atoms with Crippen LogP contribution in [-0.2, 0) is 4.79 Å². The van der Waals surface area contributed by atoms with Gasteiger partial charge in [0.25, 0.3) is 5.91 Å². The Labute approximate surface area is 118 Å². The van der Waals surface area contributed by atoms with Gasteiger partial charge in [-0.2, -0.15) is 18.6 Å². The van der Waals surface area contributed by atoms with E-state index < -0.39 is 12.5 Å². The standard InChI is InChI=1S/C13H12F2N4O2/c1-8(20)17-9-2-4-10(5-3-9)18-12(21)11-6-7-16-19(11)13(14)15/h2-7,13H,1H3,(H,17,20)(H,18,21). The number of nitrogens with zero attached hydrogens (tertiary/aromatic N) is 2. The first kappa shape index (κ1) is 14.6. The van der Waals surface area contributed by atoms with Gasteiger partial charge in [0, 0.05) is 24.5 Å². The lowest BCUT2D eigenvalue weighted by Gasteiger charge is -2.08. The fourth-order valence-electron chi connectivity index (χ4n) is 1.68. The summed E-state index contributed by atoms with van der Waals surface area (Å²) in [5, 5.41) is 8.43. The molecule has 21 heavy (non-hydrogen) atoms. The zero-order valence-electron chi connectivity index (χ0n) is 11.0. The van der Waals surface area contributed by atoms with Crippen molar-refractivity contribution in [2.24, 2.45) is 0 Å². The first-order chi connectivity index (χ1) is 9.97. The normalized spacial score (nSPS) is 10.5. The van der Waals surface area contributed by atoms with Gasteiger partial charge in [0.15, 0.2) is 0 Å². The zero-order valence-corrected chi connectivity index (χ0v) is 11.0. The van der Waals surface area contributed by atoms with E-state index in [4.69, 9.17) is 0 Å². The molecule has 0 bridgehead atoms. The predicted octanol–water partition coefficient (Wildman–Crippen LogP) is 2.49. The molecule has 0 saturated heterocycles. The van der Waals surface area contributed by atoms with E-state index in [9.17, 15) is 18.4 Å². The number of amides is 2. The van der Waals surface area contributed by atoms with Crippen LogP contribution in [0.5, 0.6) is 0 Å². The first-order valence-electron chi connectivity index (χ1n) is 5.98. The second kappa shape index (κ2) is 6.12. The minimum atomic E-state index is -2.89. The van der Waals surface area contributed by atoms with Crippen molar-refractivity contribution in [2.75, 3.05) is 10.6 Å². The van der Waals surface area contributed by atoms with Gasteiger partial charge in [-0.15, -0.1) is 0 Å². The van der Waals surface area contributed by atoms with Crippen molar-refractivity contribution in [3.05, 3.63) is 42.2 Å². The summed E-state index contributed by atoms with van der Waals surface area (Å²) in [7, 11) is 0. The van der Waals surface area contributed by atoms with E-state index in [2.05, 4.69) is 15.7 Å². The van der Waals surface area contributed by atoms with Crippen LogP contribution in [0.1, 0.15) is 24.0 Å². The highest BCUT2D eigenvalue weighted by Crippen LogP contribution is 2.16. The Balaban J connectivity index is 2.09. The second-order valence-corrected chi connectivity index (χ2v) is 4.15. The molecule has 1 aromatic carbocycles. The highest BCUT2D eigenvalue weighted by molar-refractivity contribution is 6.03. The summed E-state index contributed by atoms with van der Waals surface area (Å²) in [6.07, 6.45) is 1.13. The quantitative estimate of drug-likeness (QED) is 0.909. The van der Waals surface area contributed by atoms with Crippen LogP contribution in [0.4, 0.5) is 20.2 Å². The molecule has 0 saturated carbocycles. The molecule has 0 spiro atoms. The molecule has 0 aliphatic heterocycles. The zero-order chi connectivity index (χ0) is 15.4. The molecule has 2 rings (SSSR count). The van der Waals surface area contributed by atoms with Crippen LogP contribution < -0.4 is 10.6 Å². The molecule has 0 fully saturated rings. The van der Waals surface area contributed by atoms with Crippen LogP contribution in [0, 0.1) is 0 Å². The molecule has 0 unspecified atom stereocenters. The molecule has 2 aromatic rings. The third kappa shape index (κ3) is 3.62. The Morgan fingerprint density at radius 1 is 1.10 bits per heavy atom. The van der Waals surface area contributed by atoms with Gasteiger partial charge in [0.2, 0.25) is 5.91 Å². The Hall–Kier alpha value is -2.77. The SMILES string of the molecule is CC(=O)Nc1ccc(NC(=O)c2ccnn2C(F)F)cc1. The van der Waals surface area contributed by atoms with Crippen molar-refractivity contribution >= 4 is 23.2 Å². The number of carbonyl (C=O) groups is 2. The number of rotatable bonds is 4. The van der Waals surface area contributed by atoms with Crippen molar-refractivity contribution in [1.29, 1.82) is 0 Å². The van der Waals surface area contributed by atoms with Crippen LogP contribution in [0.2, 0.25) is 0 Å². The largest absolute Gasteiger partial charge is 0.333 e. The number of anilines is 2. The van der Waals surface area contributed by atoms with Gasteiger partial charge in [-0.05, 0) is 30.3 Å². The van der Waals surface area contributed by atoms with Gasteiger partial charge in [-0.1, -0.05) is 0 Å². The maximum absolute atomic E-state index is 12.6. The summed E-state index contributed by atoms with van der Waals surface area (Å²) in [4.78, 5) is 22.8. The Morgan fingerprint density at radius 3 is 2.19 bits per heavy atom. The van der Waals surface area contributed by atoms with Crippen molar-refractivity contribution in [1.82, 2.24) is 9.78 Å². The highest BCUT2D eigenvalue weighted by atomic mass is 19.3. The van der Waals surface area contributed by atoms with Gasteiger partial charge < -0.3 is 10.6 Å². The van der Waals surface area contributed by atoms with Crippen molar-refractivity contribution < 1.29 is 18.4 Å². The third-order valence-electron chi connectivity index (χ3n) is 2.55. The number of carbonyl (C=O) groups excluding carboxylic acids is 2. The average molecular weight is 294 g/mol. The van der Waals surface area contributed by atoms with Gasteiger partial charge in [-0.25, -0.2) is 0 Å². The molecule has 0 radical (unpaired) electrons. The first-order valence-corrected chi connectivity index (χ1v) is 5.98. The van der Waals surface area contributed by atoms with Crippen LogP contribution >= 0.6 is 0 Å². The predicted molar refractivity (Wildman–Crippen MR) is 72.2 cm³/mol. The molecular formula is C13H12F2N4O2. The van der Waals surface area contributed by atoms with Crippen molar-refractivity contribution in [3.63, 3.8) is 0 Å². The molecule has 0 aliphatic carbocycles. The Bertz CT molecular complexity index is 652. The van der Waals surface area contributed by atoms with E-state index in [1.807, 2.05) is 0 Å². The summed E-state index contributed by atoms with van der Waals surface area (Å²) in [6.45, 7) is -1.51. The summed E-state index contributed by atoms with van der Waals surface area (Å²) in [5.74, 6) is -0.910. The van der Waals surface area contributed by atoms with E-state index >= 15 is 0 Å². The maximum atomic E-state index is 12.6. The van der Waals surface area contributed by atoms with E-state index in [1.165, 1.54) is 13.0 Å². The average Bonchev–Trinajstić information content (AvgIpc) is 2.90. The van der Waals surface area contributed by atoms with Gasteiger partial charge >= 0.3 is 6.55 Å². The summed E-state index contributed by atoms with van der Waals surface area (Å²) < 4.78 is 25.6. The van der Waals surface area contributed by atoms with E-state index in [-0.39, 0.29) is 11.6 Å². The lowest BCUT2D eigenvalue weighted by molar-refractivity contribution is -0.114. The minimum absolute atomic E-state index is 0.215. The number of halogens is 2. The monoisotopic (exact) mass is 294 g/mol. The topological polar surface area (TPSA) is 76.0 Å². The molecule has 1 aromatic heterocycles. The van der Waals surface area contributed by atoms with Crippen molar-refractivity contribution in [2.45, 2.75) is 13.5 Å². The number of benzene rings is 1. The lowest BCUT2D eigenvalue weighted by Crippen LogP contribution is -2.18. The summed E-state index contributed by atoms with van der Waals surface area (Å²) in [6, 6.07) is 7.47. The fraction of sp³-hybridized carbons (Fsp3) is 0.154. The van der Waals surface area contributed by atoms with E-state index in [1.54, 1.807) is 24.3 Å². The number of hydrogen-bond donors (Lipinski definition) is 2. The van der Waals surface area contributed by atoms with E-state index in [0.717, 1.165) is 6.20 Å². The molecule has 1 heterocycles. The lowest BCUT2D eigenvalue weighted by atomic mass is 10.2. The maximum Gasteiger partial charge on any atom is 0.333 e. The van der Waals surface area contributed by atoms with Gasteiger partial charge in [0.05, 0.1) is 0 Å². The molecular weight excluding hydrogens is 282 g/mol. The fourth-order valence-corrected chi connectivity index (χ4v) is 1.68. The van der Waals surface area contributed by atoms with E-state index in [0.29, 0.717) is 16.1 Å². The van der Waals surface area contributed by atoms with Gasteiger partial charge in [-0.3, -0.25) is 9.59 Å². The minimum Gasteiger partial charge on any atom is -0.326 e. The molecule has 110 valence electrons. The van der Waals surface area contributed by atoms with Gasteiger partial charge in [0.1, 0.15) is 5.69 Å². The number of aromatic nitrogens is 2. The van der Waals surface area contributed by atoms with Crippen LogP contribution in [0.25, 0.3) is 0 Å². The highest BCUT2D eigenvalue weighted by Gasteiger charge is 2.17. The molecule has 8 heteroatoms. The molecule has 2 amide bonds. The Morgan fingerprint density at radius 2 is 1.67 bits per heavy atom. The number of alkyl halides is 2. The molecule has 2 N–H and O–H groups in total. The van der Waals surface area contributed by atoms with Crippen LogP contribution in [0.3, 0.4) is 0 Å². The molecule has 6 nitrogen and oxygen atoms in total. The number of hydrogen-bond acceptors (Lipinski definition) is 3. The second-order valence-electron chi connectivity index (χ2n) is 4.15.